The van der Waals surface area contributed by atoms with Crippen molar-refractivity contribution in [1.82, 2.24) is 15.2 Å². The molecule has 1 aromatic carbocycles. The van der Waals surface area contributed by atoms with E-state index in [-0.39, 0.29) is 18.3 Å². The maximum atomic E-state index is 11.7. The first-order valence-corrected chi connectivity index (χ1v) is 7.33. The van der Waals surface area contributed by atoms with E-state index in [0.717, 1.165) is 0 Å². The lowest BCUT2D eigenvalue weighted by molar-refractivity contribution is 0.341. The highest BCUT2D eigenvalue weighted by atomic mass is 32.2. The fraction of sp³-hybridized carbons (Fsp3) is 0.182. The maximum absolute atomic E-state index is 11.7. The van der Waals surface area contributed by atoms with Crippen molar-refractivity contribution < 1.29 is 13.2 Å². The Hall–Kier alpha value is -2.42. The van der Waals surface area contributed by atoms with Crippen LogP contribution in [0.25, 0.3) is 0 Å². The largest absolute Gasteiger partial charge is 0.492 e. The van der Waals surface area contributed by atoms with Crippen LogP contribution in [0.5, 0.6) is 5.75 Å². The van der Waals surface area contributed by atoms with Crippen molar-refractivity contribution in [2.24, 2.45) is 0 Å². The van der Waals surface area contributed by atoms with Crippen molar-refractivity contribution in [1.29, 1.82) is 0 Å². The molecule has 8 nitrogen and oxygen atoms in total. The van der Waals surface area contributed by atoms with Gasteiger partial charge in [-0.15, -0.1) is 5.10 Å². The smallest absolute Gasteiger partial charge is 0.256 e. The number of nitrogens with zero attached hydrogens (tertiary/aromatic N) is 3. The number of benzene rings is 1. The Balaban J connectivity index is 1.87. The Morgan fingerprint density at radius 1 is 1.30 bits per heavy atom. The minimum atomic E-state index is -3.59. The average Bonchev–Trinajstić information content (AvgIpc) is 2.39. The minimum absolute atomic E-state index is 0.0148. The van der Waals surface area contributed by atoms with Crippen LogP contribution in [0.1, 0.15) is 0 Å². The molecule has 0 amide bonds. The van der Waals surface area contributed by atoms with Crippen molar-refractivity contribution in [2.75, 3.05) is 22.8 Å². The monoisotopic (exact) mass is 295 g/mol. The number of nitrogens with one attached hydrogen (secondary N) is 1. The van der Waals surface area contributed by atoms with E-state index in [0.29, 0.717) is 11.4 Å². The summed E-state index contributed by atoms with van der Waals surface area (Å²) >= 11 is 0. The van der Waals surface area contributed by atoms with E-state index in [2.05, 4.69) is 19.9 Å². The number of aromatic nitrogens is 3. The lowest BCUT2D eigenvalue weighted by Gasteiger charge is -2.08. The van der Waals surface area contributed by atoms with Gasteiger partial charge >= 0.3 is 0 Å². The predicted octanol–water partition coefficient (Wildman–Crippen LogP) is 0.274. The SMILES string of the molecule is Nc1cccc(OCCS(=O)(=O)Nc2nccnn2)c1. The third kappa shape index (κ3) is 4.35. The van der Waals surface area contributed by atoms with E-state index in [1.807, 2.05) is 0 Å². The van der Waals surface area contributed by atoms with E-state index in [9.17, 15) is 8.42 Å². The van der Waals surface area contributed by atoms with Crippen molar-refractivity contribution in [3.05, 3.63) is 36.7 Å². The van der Waals surface area contributed by atoms with Crippen LogP contribution in [-0.4, -0.2) is 36.0 Å². The molecule has 0 aliphatic rings. The normalized spacial score (nSPS) is 11.0. The minimum Gasteiger partial charge on any atom is -0.492 e. The molecule has 106 valence electrons. The number of hydrogen-bond donors (Lipinski definition) is 2. The number of ether oxygens (including phenoxy) is 1. The second-order valence-corrected chi connectivity index (χ2v) is 5.65. The first-order valence-electron chi connectivity index (χ1n) is 5.68. The van der Waals surface area contributed by atoms with Gasteiger partial charge in [0.05, 0.1) is 12.4 Å². The second kappa shape index (κ2) is 6.15. The number of nitrogen functional groups attached to an aromatic ring is 1. The van der Waals surface area contributed by atoms with Crippen LogP contribution in [0.3, 0.4) is 0 Å². The molecule has 2 aromatic rings. The number of anilines is 2. The molecule has 3 N–H and O–H groups in total. The van der Waals surface area contributed by atoms with Gasteiger partial charge in [0.15, 0.2) is 0 Å². The Kier molecular flexibility index (Phi) is 4.31. The Labute approximate surface area is 116 Å². The molecular formula is C11H13N5O3S. The highest BCUT2D eigenvalue weighted by Gasteiger charge is 2.12. The summed E-state index contributed by atoms with van der Waals surface area (Å²) in [5.74, 6) is 0.203. The van der Waals surface area contributed by atoms with Gasteiger partial charge in [-0.05, 0) is 12.1 Å². The van der Waals surface area contributed by atoms with Gasteiger partial charge in [0.1, 0.15) is 18.1 Å². The first-order chi connectivity index (χ1) is 9.55. The molecule has 0 aliphatic carbocycles. The molecule has 0 fully saturated rings. The third-order valence-electron chi connectivity index (χ3n) is 2.21. The standard InChI is InChI=1S/C11H13N5O3S/c12-9-2-1-3-10(8-9)19-6-7-20(17,18)16-11-13-4-5-14-15-11/h1-5,8H,6-7,12H2,(H,13,15,16). The average molecular weight is 295 g/mol. The predicted molar refractivity (Wildman–Crippen MR) is 73.6 cm³/mol. The molecule has 0 bridgehead atoms. The molecule has 0 saturated carbocycles. The van der Waals surface area contributed by atoms with Gasteiger partial charge in [0.2, 0.25) is 10.0 Å². The Morgan fingerprint density at radius 3 is 2.85 bits per heavy atom. The van der Waals surface area contributed by atoms with E-state index in [1.54, 1.807) is 24.3 Å². The van der Waals surface area contributed by atoms with Gasteiger partial charge in [-0.25, -0.2) is 18.1 Å². The summed E-state index contributed by atoms with van der Waals surface area (Å²) in [6.45, 7) is -0.0148. The number of hydrogen-bond acceptors (Lipinski definition) is 7. The first kappa shape index (κ1) is 14.0. The lowest BCUT2D eigenvalue weighted by atomic mass is 10.3. The highest BCUT2D eigenvalue weighted by Crippen LogP contribution is 2.14. The summed E-state index contributed by atoms with van der Waals surface area (Å²) in [7, 11) is -3.59. The van der Waals surface area contributed by atoms with Gasteiger partial charge in [0.25, 0.3) is 5.95 Å². The van der Waals surface area contributed by atoms with E-state index in [4.69, 9.17) is 10.5 Å². The van der Waals surface area contributed by atoms with E-state index < -0.39 is 10.0 Å². The topological polar surface area (TPSA) is 120 Å². The molecule has 2 rings (SSSR count). The molecule has 0 atom stereocenters. The van der Waals surface area contributed by atoms with Crippen molar-refractivity contribution in [2.45, 2.75) is 0 Å². The molecule has 0 spiro atoms. The zero-order valence-corrected chi connectivity index (χ0v) is 11.2. The summed E-state index contributed by atoms with van der Waals surface area (Å²) in [4.78, 5) is 3.72. The summed E-state index contributed by atoms with van der Waals surface area (Å²) < 4.78 is 31.0. The van der Waals surface area contributed by atoms with Crippen LogP contribution in [-0.2, 0) is 10.0 Å². The molecule has 0 aliphatic heterocycles. The summed E-state index contributed by atoms with van der Waals surface area (Å²) in [5, 5.41) is 7.05. The van der Waals surface area contributed by atoms with Crippen LogP contribution in [0.4, 0.5) is 11.6 Å². The summed E-state index contributed by atoms with van der Waals surface area (Å²) in [5.41, 5.74) is 6.13. The lowest BCUT2D eigenvalue weighted by Crippen LogP contribution is -2.22. The zero-order valence-electron chi connectivity index (χ0n) is 10.4. The fourth-order valence-electron chi connectivity index (χ4n) is 1.36. The molecular weight excluding hydrogens is 282 g/mol. The Bertz CT molecular complexity index is 663. The van der Waals surface area contributed by atoms with E-state index in [1.165, 1.54) is 12.4 Å². The molecule has 0 saturated heterocycles. The quantitative estimate of drug-likeness (QED) is 0.734. The Morgan fingerprint density at radius 2 is 2.15 bits per heavy atom. The number of rotatable bonds is 6. The molecule has 1 aromatic heterocycles. The zero-order chi connectivity index (χ0) is 14.4. The molecule has 0 radical (unpaired) electrons. The van der Waals surface area contributed by atoms with Gasteiger partial charge in [-0.2, -0.15) is 5.10 Å². The van der Waals surface area contributed by atoms with E-state index >= 15 is 0 Å². The number of sulfonamides is 1. The van der Waals surface area contributed by atoms with Crippen LogP contribution in [0.15, 0.2) is 36.7 Å². The van der Waals surface area contributed by atoms with Crippen molar-refractivity contribution >= 4 is 21.7 Å². The molecule has 9 heteroatoms. The maximum Gasteiger partial charge on any atom is 0.256 e. The summed E-state index contributed by atoms with van der Waals surface area (Å²) in [6.07, 6.45) is 2.69. The van der Waals surface area contributed by atoms with Gasteiger partial charge < -0.3 is 10.5 Å². The van der Waals surface area contributed by atoms with Crippen LogP contribution >= 0.6 is 0 Å². The van der Waals surface area contributed by atoms with Gasteiger partial charge in [-0.3, -0.25) is 0 Å². The molecule has 1 heterocycles. The van der Waals surface area contributed by atoms with Crippen molar-refractivity contribution in [3.8, 4) is 5.75 Å². The van der Waals surface area contributed by atoms with Crippen LogP contribution in [0.2, 0.25) is 0 Å². The molecule has 20 heavy (non-hydrogen) atoms. The van der Waals surface area contributed by atoms with Gasteiger partial charge in [-0.1, -0.05) is 6.07 Å². The second-order valence-electron chi connectivity index (χ2n) is 3.81. The van der Waals surface area contributed by atoms with Gasteiger partial charge in [0, 0.05) is 11.8 Å². The van der Waals surface area contributed by atoms with Crippen molar-refractivity contribution in [3.63, 3.8) is 0 Å². The third-order valence-corrected chi connectivity index (χ3v) is 3.41. The van der Waals surface area contributed by atoms with Crippen LogP contribution in [0, 0.1) is 0 Å². The molecule has 0 unspecified atom stereocenters. The van der Waals surface area contributed by atoms with Crippen LogP contribution < -0.4 is 15.2 Å². The highest BCUT2D eigenvalue weighted by molar-refractivity contribution is 7.92. The number of nitrogens with two attached hydrogens (primary N) is 1. The summed E-state index contributed by atoms with van der Waals surface area (Å²) in [6, 6.07) is 6.75. The fourth-order valence-corrected chi connectivity index (χ4v) is 2.13.